The van der Waals surface area contributed by atoms with E-state index in [1.54, 1.807) is 46.9 Å². The molecule has 0 spiro atoms. The Kier molecular flexibility index (Phi) is 7.84. The average molecular weight is 509 g/mol. The van der Waals surface area contributed by atoms with Crippen LogP contribution in [0.3, 0.4) is 0 Å². The quantitative estimate of drug-likeness (QED) is 0.316. The number of aromatic nitrogens is 3. The third kappa shape index (κ3) is 5.33. The number of methoxy groups -OCH3 is 4. The lowest BCUT2D eigenvalue weighted by molar-refractivity contribution is -0.113. The summed E-state index contributed by atoms with van der Waals surface area (Å²) in [4.78, 5) is 21.7. The summed E-state index contributed by atoms with van der Waals surface area (Å²) in [5, 5.41) is 5.68. The average Bonchev–Trinajstić information content (AvgIpc) is 3.31. The van der Waals surface area contributed by atoms with Crippen LogP contribution in [0.1, 0.15) is 11.3 Å². The highest BCUT2D eigenvalue weighted by atomic mass is 32.2. The van der Waals surface area contributed by atoms with E-state index in [2.05, 4.69) is 15.3 Å². The number of nitrogens with zero attached hydrogens (tertiary/aromatic N) is 3. The number of hydrogen-bond donors (Lipinski definition) is 1. The number of aryl methyl sites for hydroxylation is 1. The molecule has 9 nitrogen and oxygen atoms in total. The van der Waals surface area contributed by atoms with Gasteiger partial charge in [-0.3, -0.25) is 9.78 Å². The minimum atomic E-state index is -0.159. The van der Waals surface area contributed by atoms with Crippen molar-refractivity contribution in [2.24, 2.45) is 7.05 Å². The Hall–Kier alpha value is -3.92. The number of anilines is 1. The first-order chi connectivity index (χ1) is 17.5. The number of amides is 1. The maximum absolute atomic E-state index is 12.9. The standard InChI is InChI=1S/C26H28N4O5S/c1-30-9-8-28-26(30)36-15-25(31)29-19-14-24(35-5)22(33-3)12-17(19)10-20-18-13-23(34-4)21(32-2)11-16(18)6-7-27-20/h6-9,11-14H,10,15H2,1-5H3,(H,29,31). The smallest absolute Gasteiger partial charge is 0.234 e. The Morgan fingerprint density at radius 2 is 1.58 bits per heavy atom. The minimum Gasteiger partial charge on any atom is -0.493 e. The fourth-order valence-corrected chi connectivity index (χ4v) is 4.60. The summed E-state index contributed by atoms with van der Waals surface area (Å²) in [6.45, 7) is 0. The summed E-state index contributed by atoms with van der Waals surface area (Å²) >= 11 is 1.36. The van der Waals surface area contributed by atoms with E-state index in [9.17, 15) is 4.79 Å². The fraction of sp³-hybridized carbons (Fsp3) is 0.269. The second kappa shape index (κ2) is 11.2. The molecule has 4 aromatic rings. The number of imidazole rings is 1. The first-order valence-electron chi connectivity index (χ1n) is 11.1. The van der Waals surface area contributed by atoms with Crippen LogP contribution in [0.5, 0.6) is 23.0 Å². The molecule has 0 aliphatic rings. The van der Waals surface area contributed by atoms with E-state index in [1.807, 2.05) is 42.1 Å². The number of pyridine rings is 1. The van der Waals surface area contributed by atoms with Gasteiger partial charge in [-0.1, -0.05) is 11.8 Å². The van der Waals surface area contributed by atoms with E-state index in [-0.39, 0.29) is 11.7 Å². The third-order valence-electron chi connectivity index (χ3n) is 5.70. The molecular weight excluding hydrogens is 480 g/mol. The Morgan fingerprint density at radius 1 is 0.917 bits per heavy atom. The van der Waals surface area contributed by atoms with Crippen molar-refractivity contribution in [2.75, 3.05) is 39.5 Å². The molecule has 0 saturated heterocycles. The maximum Gasteiger partial charge on any atom is 0.234 e. The monoisotopic (exact) mass is 508 g/mol. The number of benzene rings is 2. The number of nitrogens with one attached hydrogen (secondary N) is 1. The summed E-state index contributed by atoms with van der Waals surface area (Å²) in [5.74, 6) is 2.40. The van der Waals surface area contributed by atoms with Gasteiger partial charge in [0.25, 0.3) is 0 Å². The molecule has 10 heteroatoms. The van der Waals surface area contributed by atoms with E-state index < -0.39 is 0 Å². The second-order valence-corrected chi connectivity index (χ2v) is 8.83. The lowest BCUT2D eigenvalue weighted by atomic mass is 10.0. The zero-order valence-corrected chi connectivity index (χ0v) is 21.6. The van der Waals surface area contributed by atoms with Gasteiger partial charge in [-0.25, -0.2) is 4.98 Å². The third-order valence-corrected chi connectivity index (χ3v) is 6.76. The number of hydrogen-bond acceptors (Lipinski definition) is 8. The molecular formula is C26H28N4O5S. The van der Waals surface area contributed by atoms with Crippen LogP contribution in [0.4, 0.5) is 5.69 Å². The predicted octanol–water partition coefficient (Wildman–Crippen LogP) is 4.32. The molecule has 0 aliphatic heterocycles. The highest BCUT2D eigenvalue weighted by Gasteiger charge is 2.17. The highest BCUT2D eigenvalue weighted by molar-refractivity contribution is 7.99. The fourth-order valence-electron chi connectivity index (χ4n) is 3.87. The normalized spacial score (nSPS) is 10.8. The van der Waals surface area contributed by atoms with Crippen LogP contribution < -0.4 is 24.3 Å². The van der Waals surface area contributed by atoms with Gasteiger partial charge in [0.1, 0.15) is 0 Å². The molecule has 188 valence electrons. The van der Waals surface area contributed by atoms with Crippen LogP contribution in [-0.2, 0) is 18.3 Å². The van der Waals surface area contributed by atoms with Crippen LogP contribution in [0.2, 0.25) is 0 Å². The molecule has 36 heavy (non-hydrogen) atoms. The summed E-state index contributed by atoms with van der Waals surface area (Å²) in [6.07, 6.45) is 5.74. The molecule has 2 aromatic heterocycles. The van der Waals surface area contributed by atoms with Gasteiger partial charge in [0.15, 0.2) is 28.2 Å². The van der Waals surface area contributed by atoms with Gasteiger partial charge in [0.2, 0.25) is 5.91 Å². The molecule has 0 saturated carbocycles. The Labute approximate surface area is 213 Å². The van der Waals surface area contributed by atoms with E-state index in [0.717, 1.165) is 27.2 Å². The van der Waals surface area contributed by atoms with E-state index in [1.165, 1.54) is 11.8 Å². The molecule has 1 amide bonds. The highest BCUT2D eigenvalue weighted by Crippen LogP contribution is 2.37. The molecule has 0 atom stereocenters. The van der Waals surface area contributed by atoms with Crippen molar-refractivity contribution >= 4 is 34.1 Å². The van der Waals surface area contributed by atoms with Crippen molar-refractivity contribution in [1.82, 2.24) is 14.5 Å². The van der Waals surface area contributed by atoms with Crippen LogP contribution in [0, 0.1) is 0 Å². The van der Waals surface area contributed by atoms with Crippen molar-refractivity contribution in [3.05, 3.63) is 60.2 Å². The van der Waals surface area contributed by atoms with Crippen LogP contribution in [0.15, 0.2) is 54.1 Å². The lowest BCUT2D eigenvalue weighted by Crippen LogP contribution is -2.16. The van der Waals surface area contributed by atoms with E-state index in [4.69, 9.17) is 18.9 Å². The van der Waals surface area contributed by atoms with Gasteiger partial charge < -0.3 is 28.8 Å². The first-order valence-corrected chi connectivity index (χ1v) is 12.1. The summed E-state index contributed by atoms with van der Waals surface area (Å²) in [5.41, 5.74) is 2.27. The van der Waals surface area contributed by atoms with Gasteiger partial charge in [0.05, 0.1) is 39.9 Å². The first kappa shape index (κ1) is 25.2. The Bertz CT molecular complexity index is 1390. The van der Waals surface area contributed by atoms with E-state index >= 15 is 0 Å². The Morgan fingerprint density at radius 3 is 2.25 bits per heavy atom. The molecule has 0 fully saturated rings. The molecule has 2 heterocycles. The zero-order chi connectivity index (χ0) is 25.7. The van der Waals surface area contributed by atoms with Crippen LogP contribution in [-0.4, -0.2) is 54.6 Å². The largest absolute Gasteiger partial charge is 0.493 e. The van der Waals surface area contributed by atoms with Crippen molar-refractivity contribution < 1.29 is 23.7 Å². The van der Waals surface area contributed by atoms with Gasteiger partial charge in [-0.05, 0) is 35.2 Å². The number of carbonyl (C=O) groups excluding carboxylic acids is 1. The van der Waals surface area contributed by atoms with Crippen molar-refractivity contribution in [3.8, 4) is 23.0 Å². The molecule has 0 bridgehead atoms. The number of rotatable bonds is 10. The van der Waals surface area contributed by atoms with Crippen molar-refractivity contribution in [2.45, 2.75) is 11.6 Å². The van der Waals surface area contributed by atoms with Crippen molar-refractivity contribution in [1.29, 1.82) is 0 Å². The maximum atomic E-state index is 12.9. The van der Waals surface area contributed by atoms with Gasteiger partial charge in [0, 0.05) is 49.2 Å². The minimum absolute atomic E-state index is 0.159. The topological polar surface area (TPSA) is 96.7 Å². The van der Waals surface area contributed by atoms with Gasteiger partial charge in [-0.2, -0.15) is 0 Å². The second-order valence-electron chi connectivity index (χ2n) is 7.88. The number of fused-ring (bicyclic) bond motifs is 1. The van der Waals surface area contributed by atoms with Gasteiger partial charge >= 0.3 is 0 Å². The van der Waals surface area contributed by atoms with Crippen LogP contribution >= 0.6 is 11.8 Å². The number of carbonyl (C=O) groups is 1. The molecule has 4 rings (SSSR count). The molecule has 0 radical (unpaired) electrons. The summed E-state index contributed by atoms with van der Waals surface area (Å²) < 4.78 is 23.8. The Balaban J connectivity index is 1.68. The number of thioether (sulfide) groups is 1. The molecule has 0 unspecified atom stereocenters. The van der Waals surface area contributed by atoms with Gasteiger partial charge in [-0.15, -0.1) is 0 Å². The molecule has 0 aliphatic carbocycles. The summed E-state index contributed by atoms with van der Waals surface area (Å²) in [7, 11) is 8.24. The van der Waals surface area contributed by atoms with E-state index in [0.29, 0.717) is 35.1 Å². The summed E-state index contributed by atoms with van der Waals surface area (Å²) in [6, 6.07) is 9.39. The molecule has 1 N–H and O–H groups in total. The number of ether oxygens (including phenoxy) is 4. The van der Waals surface area contributed by atoms with Crippen molar-refractivity contribution in [3.63, 3.8) is 0 Å². The lowest BCUT2D eigenvalue weighted by Gasteiger charge is -2.17. The zero-order valence-electron chi connectivity index (χ0n) is 20.8. The SMILES string of the molecule is COc1cc(Cc2nccc3cc(OC)c(OC)cc23)c(NC(=O)CSc2nccn2C)cc1OC. The molecule has 2 aromatic carbocycles. The van der Waals surface area contributed by atoms with Crippen LogP contribution in [0.25, 0.3) is 10.8 Å². The predicted molar refractivity (Wildman–Crippen MR) is 140 cm³/mol.